The quantitative estimate of drug-likeness (QED) is 0.791. The molecule has 0 unspecified atom stereocenters. The van der Waals surface area contributed by atoms with Crippen LogP contribution in [0.2, 0.25) is 0 Å². The minimum absolute atomic E-state index is 0.0382. The Bertz CT molecular complexity index is 874. The van der Waals surface area contributed by atoms with E-state index < -0.39 is 0 Å². The molecule has 124 valence electrons. The van der Waals surface area contributed by atoms with Gasteiger partial charge in [0.25, 0.3) is 0 Å². The molecule has 1 N–H and O–H groups in total. The lowest BCUT2D eigenvalue weighted by molar-refractivity contribution is -0.122. The van der Waals surface area contributed by atoms with Gasteiger partial charge in [-0.2, -0.15) is 0 Å². The van der Waals surface area contributed by atoms with Crippen LogP contribution in [0.4, 0.5) is 0 Å². The number of carbonyl (C=O) groups is 1. The van der Waals surface area contributed by atoms with E-state index in [1.807, 2.05) is 67.6 Å². The Morgan fingerprint density at radius 2 is 1.64 bits per heavy atom. The van der Waals surface area contributed by atoms with Crippen molar-refractivity contribution in [1.82, 2.24) is 10.3 Å². The standard InChI is InChI=1S/C21H18N2O2/c1-14-10-11-15(12-22-14)13-23-21(24)20-16-6-2-4-8-18(16)25-19-9-5-3-7-17(19)20/h2-12,20H,13H2,1H3,(H,23,24). The second-order valence-electron chi connectivity index (χ2n) is 6.14. The lowest BCUT2D eigenvalue weighted by atomic mass is 9.87. The number of rotatable bonds is 3. The van der Waals surface area contributed by atoms with Gasteiger partial charge in [0, 0.05) is 29.6 Å². The highest BCUT2D eigenvalue weighted by Crippen LogP contribution is 2.43. The summed E-state index contributed by atoms with van der Waals surface area (Å²) < 4.78 is 5.94. The average molecular weight is 330 g/mol. The van der Waals surface area contributed by atoms with Crippen molar-refractivity contribution >= 4 is 5.91 Å². The number of para-hydroxylation sites is 2. The number of benzene rings is 2. The zero-order valence-corrected chi connectivity index (χ0v) is 13.9. The summed E-state index contributed by atoms with van der Waals surface area (Å²) in [7, 11) is 0. The zero-order valence-electron chi connectivity index (χ0n) is 13.9. The molecule has 4 rings (SSSR count). The third kappa shape index (κ3) is 2.98. The number of aromatic nitrogens is 1. The van der Waals surface area contributed by atoms with Crippen LogP contribution in [0.5, 0.6) is 11.5 Å². The molecule has 4 heteroatoms. The van der Waals surface area contributed by atoms with Crippen LogP contribution in [0.25, 0.3) is 0 Å². The fraction of sp³-hybridized carbons (Fsp3) is 0.143. The molecule has 0 atom stereocenters. The maximum Gasteiger partial charge on any atom is 0.232 e. The van der Waals surface area contributed by atoms with Gasteiger partial charge in [0.2, 0.25) is 5.91 Å². The number of aryl methyl sites for hydroxylation is 1. The molecule has 0 bridgehead atoms. The third-order valence-electron chi connectivity index (χ3n) is 4.38. The highest BCUT2D eigenvalue weighted by atomic mass is 16.5. The summed E-state index contributed by atoms with van der Waals surface area (Å²) in [5, 5.41) is 3.04. The Balaban J connectivity index is 1.62. The van der Waals surface area contributed by atoms with E-state index in [-0.39, 0.29) is 11.8 Å². The first-order chi connectivity index (χ1) is 12.2. The van der Waals surface area contributed by atoms with Crippen molar-refractivity contribution in [3.05, 3.63) is 89.2 Å². The van der Waals surface area contributed by atoms with Crippen LogP contribution in [-0.4, -0.2) is 10.9 Å². The summed E-state index contributed by atoms with van der Waals surface area (Å²) in [5.41, 5.74) is 3.72. The Kier molecular flexibility index (Phi) is 3.94. The summed E-state index contributed by atoms with van der Waals surface area (Å²) in [6.07, 6.45) is 1.79. The number of fused-ring (bicyclic) bond motifs is 2. The van der Waals surface area contributed by atoms with Gasteiger partial charge < -0.3 is 10.1 Å². The van der Waals surface area contributed by atoms with Gasteiger partial charge in [-0.3, -0.25) is 9.78 Å². The fourth-order valence-corrected chi connectivity index (χ4v) is 3.09. The second-order valence-corrected chi connectivity index (χ2v) is 6.14. The number of nitrogens with one attached hydrogen (secondary N) is 1. The summed E-state index contributed by atoms with van der Waals surface area (Å²) in [6.45, 7) is 2.39. The molecule has 0 aliphatic carbocycles. The summed E-state index contributed by atoms with van der Waals surface area (Å²) in [6, 6.07) is 19.3. The smallest absolute Gasteiger partial charge is 0.232 e. The fourth-order valence-electron chi connectivity index (χ4n) is 3.09. The van der Waals surface area contributed by atoms with E-state index in [0.29, 0.717) is 6.54 Å². The largest absolute Gasteiger partial charge is 0.457 e. The number of hydrogen-bond acceptors (Lipinski definition) is 3. The molecule has 4 nitrogen and oxygen atoms in total. The summed E-state index contributed by atoms with van der Waals surface area (Å²) in [4.78, 5) is 17.2. The molecule has 1 amide bonds. The molecule has 0 saturated heterocycles. The average Bonchev–Trinajstić information content (AvgIpc) is 2.65. The van der Waals surface area contributed by atoms with E-state index in [1.54, 1.807) is 6.20 Å². The second kappa shape index (κ2) is 6.40. The van der Waals surface area contributed by atoms with Crippen LogP contribution in [0.15, 0.2) is 66.9 Å². The molecule has 1 aliphatic rings. The van der Waals surface area contributed by atoms with Gasteiger partial charge in [0.05, 0.1) is 5.92 Å². The van der Waals surface area contributed by atoms with E-state index in [1.165, 1.54) is 0 Å². The number of amides is 1. The molecule has 0 spiro atoms. The maximum absolute atomic E-state index is 13.0. The van der Waals surface area contributed by atoms with Gasteiger partial charge in [0.1, 0.15) is 11.5 Å². The van der Waals surface area contributed by atoms with Crippen LogP contribution >= 0.6 is 0 Å². The molecule has 0 saturated carbocycles. The Hall–Kier alpha value is -3.14. The van der Waals surface area contributed by atoms with Crippen molar-refractivity contribution in [3.63, 3.8) is 0 Å². The predicted molar refractivity (Wildman–Crippen MR) is 95.6 cm³/mol. The third-order valence-corrected chi connectivity index (χ3v) is 4.38. The molecule has 2 heterocycles. The summed E-state index contributed by atoms with van der Waals surface area (Å²) in [5.74, 6) is 1.06. The van der Waals surface area contributed by atoms with E-state index in [4.69, 9.17) is 4.74 Å². The van der Waals surface area contributed by atoms with Crippen molar-refractivity contribution < 1.29 is 9.53 Å². The molecule has 1 aromatic heterocycles. The molecule has 3 aromatic rings. The molecular weight excluding hydrogens is 312 g/mol. The van der Waals surface area contributed by atoms with Gasteiger partial charge in [-0.15, -0.1) is 0 Å². The minimum atomic E-state index is -0.375. The predicted octanol–water partition coefficient (Wildman–Crippen LogP) is 3.94. The number of carbonyl (C=O) groups excluding carboxylic acids is 1. The lowest BCUT2D eigenvalue weighted by Gasteiger charge is -2.27. The molecule has 2 aromatic carbocycles. The first-order valence-corrected chi connectivity index (χ1v) is 8.27. The number of ether oxygens (including phenoxy) is 1. The molecular formula is C21H18N2O2. The van der Waals surface area contributed by atoms with Gasteiger partial charge >= 0.3 is 0 Å². The van der Waals surface area contributed by atoms with E-state index >= 15 is 0 Å². The van der Waals surface area contributed by atoms with Crippen LogP contribution in [0, 0.1) is 6.92 Å². The topological polar surface area (TPSA) is 51.2 Å². The van der Waals surface area contributed by atoms with Crippen LogP contribution in [0.1, 0.15) is 28.3 Å². The van der Waals surface area contributed by atoms with Crippen molar-refractivity contribution in [2.45, 2.75) is 19.4 Å². The molecule has 0 radical (unpaired) electrons. The number of pyridine rings is 1. The van der Waals surface area contributed by atoms with Gasteiger partial charge in [-0.05, 0) is 30.7 Å². The van der Waals surface area contributed by atoms with Gasteiger partial charge in [-0.25, -0.2) is 0 Å². The minimum Gasteiger partial charge on any atom is -0.457 e. The SMILES string of the molecule is Cc1ccc(CNC(=O)C2c3ccccc3Oc3ccccc32)cn1. The van der Waals surface area contributed by atoms with E-state index in [0.717, 1.165) is 33.9 Å². The van der Waals surface area contributed by atoms with Crippen molar-refractivity contribution in [1.29, 1.82) is 0 Å². The first kappa shape index (κ1) is 15.4. The van der Waals surface area contributed by atoms with E-state index in [2.05, 4.69) is 10.3 Å². The maximum atomic E-state index is 13.0. The number of nitrogens with zero attached hydrogens (tertiary/aromatic N) is 1. The highest BCUT2D eigenvalue weighted by Gasteiger charge is 2.32. The summed E-state index contributed by atoms with van der Waals surface area (Å²) >= 11 is 0. The zero-order chi connectivity index (χ0) is 17.2. The van der Waals surface area contributed by atoms with Gasteiger partial charge in [0.15, 0.2) is 0 Å². The first-order valence-electron chi connectivity index (χ1n) is 8.27. The van der Waals surface area contributed by atoms with Gasteiger partial charge in [-0.1, -0.05) is 42.5 Å². The van der Waals surface area contributed by atoms with Crippen LogP contribution in [0.3, 0.4) is 0 Å². The van der Waals surface area contributed by atoms with Crippen molar-refractivity contribution in [2.24, 2.45) is 0 Å². The van der Waals surface area contributed by atoms with Crippen LogP contribution in [-0.2, 0) is 11.3 Å². The molecule has 0 fully saturated rings. The Morgan fingerprint density at radius 1 is 1.00 bits per heavy atom. The highest BCUT2D eigenvalue weighted by molar-refractivity contribution is 5.89. The normalized spacial score (nSPS) is 12.7. The Labute approximate surface area is 146 Å². The molecule has 25 heavy (non-hydrogen) atoms. The van der Waals surface area contributed by atoms with Crippen molar-refractivity contribution in [2.75, 3.05) is 0 Å². The monoisotopic (exact) mass is 330 g/mol. The lowest BCUT2D eigenvalue weighted by Crippen LogP contribution is -2.31. The van der Waals surface area contributed by atoms with Crippen LogP contribution < -0.4 is 10.1 Å². The molecule has 1 aliphatic heterocycles. The van der Waals surface area contributed by atoms with Crippen molar-refractivity contribution in [3.8, 4) is 11.5 Å². The van der Waals surface area contributed by atoms with E-state index in [9.17, 15) is 4.79 Å². The Morgan fingerprint density at radius 3 is 2.24 bits per heavy atom. The number of hydrogen-bond donors (Lipinski definition) is 1.